The Balaban J connectivity index is 1.41. The van der Waals surface area contributed by atoms with Gasteiger partial charge in [-0.15, -0.1) is 0 Å². The second-order valence-corrected chi connectivity index (χ2v) is 15.9. The third-order valence-electron chi connectivity index (χ3n) is 8.18. The van der Waals surface area contributed by atoms with Gasteiger partial charge >= 0.3 is 18.2 Å². The van der Waals surface area contributed by atoms with Crippen molar-refractivity contribution in [2.45, 2.75) is 90.5 Å². The summed E-state index contributed by atoms with van der Waals surface area (Å²) in [5.41, 5.74) is 1.45. The quantitative estimate of drug-likeness (QED) is 0.0710. The van der Waals surface area contributed by atoms with Gasteiger partial charge < -0.3 is 29.6 Å². The van der Waals surface area contributed by atoms with Gasteiger partial charge in [0, 0.05) is 30.9 Å². The van der Waals surface area contributed by atoms with Crippen LogP contribution in [0.15, 0.2) is 65.7 Å². The van der Waals surface area contributed by atoms with Crippen LogP contribution in [0.25, 0.3) is 11.1 Å². The Morgan fingerprint density at radius 1 is 0.893 bits per heavy atom. The van der Waals surface area contributed by atoms with E-state index in [0.717, 1.165) is 16.7 Å². The van der Waals surface area contributed by atoms with Gasteiger partial charge in [-0.25, -0.2) is 14.4 Å². The van der Waals surface area contributed by atoms with Crippen molar-refractivity contribution in [1.29, 1.82) is 0 Å². The number of methoxy groups -OCH3 is 1. The van der Waals surface area contributed by atoms with Crippen molar-refractivity contribution in [3.05, 3.63) is 87.4 Å². The number of Topliss-reactive ketones (excluding diaryl/α,β-unsaturated/α-hetero) is 1. The first kappa shape index (κ1) is 43.7. The Morgan fingerprint density at radius 3 is 2.18 bits per heavy atom. The lowest BCUT2D eigenvalue weighted by atomic mass is 9.96. The zero-order valence-electron chi connectivity index (χ0n) is 32.5. The number of ether oxygens (including phenoxy) is 4. The SMILES string of the molecule is COC(=O)[C@H](CCC(=O)CNC1CCOc2ccc(CC(=NC(=O)OC(C)(C)C)NC(=O)OC(C)(C)C)cc21)NC(=O)c1c(Cl)cc(-c2ccccc2)cc1Cl. The van der Waals surface area contributed by atoms with Crippen LogP contribution in [0.3, 0.4) is 0 Å². The van der Waals surface area contributed by atoms with Crippen LogP contribution in [-0.2, 0) is 30.2 Å². The van der Waals surface area contributed by atoms with Crippen LogP contribution in [0, 0.1) is 0 Å². The molecule has 0 spiro atoms. The molecule has 4 rings (SSSR count). The van der Waals surface area contributed by atoms with Crippen molar-refractivity contribution in [2.24, 2.45) is 4.99 Å². The van der Waals surface area contributed by atoms with Crippen molar-refractivity contribution >= 4 is 58.9 Å². The smallest absolute Gasteiger partial charge is 0.435 e. The summed E-state index contributed by atoms with van der Waals surface area (Å²) >= 11 is 13.0. The first-order chi connectivity index (χ1) is 26.3. The molecule has 1 unspecified atom stereocenters. The molecule has 1 aliphatic heterocycles. The number of fused-ring (bicyclic) bond motifs is 1. The number of aliphatic imine (C=N–C) groups is 1. The highest BCUT2D eigenvalue weighted by Crippen LogP contribution is 2.34. The maximum absolute atomic E-state index is 13.3. The predicted molar refractivity (Wildman–Crippen MR) is 213 cm³/mol. The van der Waals surface area contributed by atoms with Crippen LogP contribution in [0.4, 0.5) is 9.59 Å². The number of hydrogen-bond acceptors (Lipinski definition) is 10. The van der Waals surface area contributed by atoms with Crippen LogP contribution in [-0.4, -0.2) is 73.2 Å². The standard InChI is InChI=1S/C41H48Cl2N4O9/c1-40(2,3)55-38(51)46-34(47-39(52)56-41(4,5)6)20-24-13-16-33-28(19-24)31(17-18-54-33)44-23-27(48)14-15-32(37(50)53-7)45-36(49)35-29(42)21-26(22-30(35)43)25-11-9-8-10-12-25/h8-13,16,19,21-22,31-32,44H,14-15,17-18,20,23H2,1-7H3,(H,45,49)(H,46,47,51,52)/t31?,32-/m0/s1. The number of carbonyl (C=O) groups is 5. The Kier molecular flexibility index (Phi) is 15.0. The lowest BCUT2D eigenvalue weighted by Crippen LogP contribution is -2.42. The first-order valence-corrected chi connectivity index (χ1v) is 18.8. The van der Waals surface area contributed by atoms with Crippen LogP contribution in [0.1, 0.15) is 88.3 Å². The van der Waals surface area contributed by atoms with Crippen LogP contribution < -0.4 is 20.7 Å². The zero-order chi connectivity index (χ0) is 41.2. The van der Waals surface area contributed by atoms with Gasteiger partial charge in [-0.2, -0.15) is 4.99 Å². The van der Waals surface area contributed by atoms with Crippen LogP contribution >= 0.6 is 23.2 Å². The van der Waals surface area contributed by atoms with Gasteiger partial charge in [-0.1, -0.05) is 65.7 Å². The molecule has 1 heterocycles. The van der Waals surface area contributed by atoms with E-state index in [1.807, 2.05) is 36.4 Å². The molecule has 0 aromatic heterocycles. The number of esters is 1. The number of amidine groups is 1. The first-order valence-electron chi connectivity index (χ1n) is 18.1. The van der Waals surface area contributed by atoms with E-state index in [0.29, 0.717) is 24.3 Å². The minimum Gasteiger partial charge on any atom is -0.493 e. The molecule has 0 bridgehead atoms. The van der Waals surface area contributed by atoms with E-state index < -0.39 is 41.3 Å². The third-order valence-corrected chi connectivity index (χ3v) is 8.77. The molecular formula is C41H48Cl2N4O9. The van der Waals surface area contributed by atoms with E-state index in [9.17, 15) is 24.0 Å². The molecule has 0 saturated heterocycles. The Morgan fingerprint density at radius 2 is 1.55 bits per heavy atom. The molecule has 3 aromatic rings. The molecule has 3 aromatic carbocycles. The minimum absolute atomic E-state index is 0.00341. The highest BCUT2D eigenvalue weighted by atomic mass is 35.5. The maximum atomic E-state index is 13.3. The number of amides is 3. The van der Waals surface area contributed by atoms with E-state index in [2.05, 4.69) is 20.9 Å². The molecule has 13 nitrogen and oxygen atoms in total. The average Bonchev–Trinajstić information content (AvgIpc) is 3.10. The molecule has 15 heteroatoms. The number of alkyl carbamates (subject to hydrolysis) is 1. The summed E-state index contributed by atoms with van der Waals surface area (Å²) in [5, 5.41) is 8.67. The molecule has 3 N–H and O–H groups in total. The maximum Gasteiger partial charge on any atom is 0.435 e. The van der Waals surface area contributed by atoms with Gasteiger partial charge in [0.15, 0.2) is 0 Å². The van der Waals surface area contributed by atoms with E-state index in [4.69, 9.17) is 42.1 Å². The van der Waals surface area contributed by atoms with Crippen molar-refractivity contribution in [2.75, 3.05) is 20.3 Å². The van der Waals surface area contributed by atoms with E-state index in [1.54, 1.807) is 65.8 Å². The van der Waals surface area contributed by atoms with Gasteiger partial charge in [0.1, 0.15) is 34.6 Å². The number of halogens is 2. The molecule has 0 fully saturated rings. The molecule has 0 saturated carbocycles. The fourth-order valence-corrected chi connectivity index (χ4v) is 6.39. The van der Waals surface area contributed by atoms with Gasteiger partial charge in [0.25, 0.3) is 5.91 Å². The van der Waals surface area contributed by atoms with E-state index in [-0.39, 0.29) is 59.1 Å². The zero-order valence-corrected chi connectivity index (χ0v) is 34.1. The second-order valence-electron chi connectivity index (χ2n) is 15.1. The number of hydrogen-bond donors (Lipinski definition) is 3. The third kappa shape index (κ3) is 13.3. The van der Waals surface area contributed by atoms with Crippen molar-refractivity contribution in [1.82, 2.24) is 16.0 Å². The van der Waals surface area contributed by atoms with Crippen LogP contribution in [0.5, 0.6) is 5.75 Å². The molecule has 0 radical (unpaired) electrons. The summed E-state index contributed by atoms with van der Waals surface area (Å²) in [5.74, 6) is -0.997. The second kappa shape index (κ2) is 19.2. The Labute approximate surface area is 336 Å². The van der Waals surface area contributed by atoms with Gasteiger partial charge in [0.2, 0.25) is 0 Å². The Bertz CT molecular complexity index is 1930. The summed E-state index contributed by atoms with van der Waals surface area (Å²) in [4.78, 5) is 68.4. The number of rotatable bonds is 12. The average molecular weight is 812 g/mol. The molecule has 56 heavy (non-hydrogen) atoms. The highest BCUT2D eigenvalue weighted by Gasteiger charge is 2.28. The van der Waals surface area contributed by atoms with Crippen molar-refractivity contribution < 1.29 is 42.9 Å². The summed E-state index contributed by atoms with van der Waals surface area (Å²) in [6, 6.07) is 16.6. The normalized spacial score (nSPS) is 14.7. The topological polar surface area (TPSA) is 171 Å². The highest BCUT2D eigenvalue weighted by molar-refractivity contribution is 6.40. The number of nitrogens with one attached hydrogen (secondary N) is 3. The van der Waals surface area contributed by atoms with Crippen molar-refractivity contribution in [3.63, 3.8) is 0 Å². The number of nitrogens with zero attached hydrogens (tertiary/aromatic N) is 1. The monoisotopic (exact) mass is 810 g/mol. The summed E-state index contributed by atoms with van der Waals surface area (Å²) < 4.78 is 21.5. The Hall–Kier alpha value is -4.98. The predicted octanol–water partition coefficient (Wildman–Crippen LogP) is 7.80. The van der Waals surface area contributed by atoms with Gasteiger partial charge in [-0.3, -0.25) is 14.9 Å². The van der Waals surface area contributed by atoms with Crippen LogP contribution in [0.2, 0.25) is 10.0 Å². The van der Waals surface area contributed by atoms with Crippen molar-refractivity contribution in [3.8, 4) is 16.9 Å². The fraction of sp³-hybridized carbons (Fsp3) is 0.415. The molecule has 2 atom stereocenters. The van der Waals surface area contributed by atoms with Gasteiger partial charge in [-0.05, 0) is 82.9 Å². The fourth-order valence-electron chi connectivity index (χ4n) is 5.73. The minimum atomic E-state index is -1.14. The molecule has 300 valence electrons. The largest absolute Gasteiger partial charge is 0.493 e. The number of ketones is 1. The molecule has 1 aliphatic rings. The lowest BCUT2D eigenvalue weighted by Gasteiger charge is -2.27. The summed E-state index contributed by atoms with van der Waals surface area (Å²) in [7, 11) is 1.19. The molecule has 3 amide bonds. The van der Waals surface area contributed by atoms with E-state index >= 15 is 0 Å². The van der Waals surface area contributed by atoms with Gasteiger partial charge in [0.05, 0.1) is 35.9 Å². The number of carbonyl (C=O) groups excluding carboxylic acids is 5. The lowest BCUT2D eigenvalue weighted by molar-refractivity contribution is -0.143. The summed E-state index contributed by atoms with van der Waals surface area (Å²) in [6.45, 7) is 10.6. The summed E-state index contributed by atoms with van der Waals surface area (Å²) in [6.07, 6.45) is -1.15. The number of benzene rings is 3. The molecular weight excluding hydrogens is 763 g/mol. The molecule has 0 aliphatic carbocycles. The van der Waals surface area contributed by atoms with E-state index in [1.165, 1.54) is 7.11 Å².